The van der Waals surface area contributed by atoms with Gasteiger partial charge in [0, 0.05) is 11.8 Å². The van der Waals surface area contributed by atoms with Crippen molar-refractivity contribution in [2.75, 3.05) is 7.11 Å². The van der Waals surface area contributed by atoms with Gasteiger partial charge in [0.2, 0.25) is 0 Å². The Bertz CT molecular complexity index is 802. The number of carbonyl (C=O) groups is 2. The molecule has 0 radical (unpaired) electrons. The molecular formula is C23H34O5Si. The third kappa shape index (κ3) is 2.25. The van der Waals surface area contributed by atoms with Crippen LogP contribution in [0.25, 0.3) is 0 Å². The molecule has 0 aromatic heterocycles. The Kier molecular flexibility index (Phi) is 3.93. The van der Waals surface area contributed by atoms with Crippen LogP contribution in [0, 0.1) is 34.5 Å². The number of fused-ring (bicyclic) bond motifs is 1. The highest BCUT2D eigenvalue weighted by Crippen LogP contribution is 2.78. The summed E-state index contributed by atoms with van der Waals surface area (Å²) < 4.78 is 18.6. The molecule has 29 heavy (non-hydrogen) atoms. The van der Waals surface area contributed by atoms with E-state index in [0.29, 0.717) is 12.3 Å². The fraction of sp³-hybridized carbons (Fsp3) is 0.826. The van der Waals surface area contributed by atoms with Crippen LogP contribution in [0.3, 0.4) is 0 Å². The number of ether oxygens (including phenoxy) is 2. The summed E-state index contributed by atoms with van der Waals surface area (Å²) in [5.74, 6) is -0.161. The Hall–Kier alpha value is -1.14. The largest absolute Gasteiger partial charge is 0.469 e. The summed E-state index contributed by atoms with van der Waals surface area (Å²) in [4.78, 5) is 26.6. The predicted molar refractivity (Wildman–Crippen MR) is 110 cm³/mol. The monoisotopic (exact) mass is 418 g/mol. The molecule has 1 spiro atoms. The van der Waals surface area contributed by atoms with E-state index in [4.69, 9.17) is 13.9 Å². The van der Waals surface area contributed by atoms with Crippen LogP contribution in [0.1, 0.15) is 45.4 Å². The molecule has 0 aromatic rings. The molecule has 4 unspecified atom stereocenters. The normalized spacial score (nSPS) is 50.2. The lowest BCUT2D eigenvalue weighted by molar-refractivity contribution is -0.172. The van der Waals surface area contributed by atoms with E-state index in [1.807, 2.05) is 6.92 Å². The van der Waals surface area contributed by atoms with Crippen molar-refractivity contribution < 1.29 is 23.5 Å². The summed E-state index contributed by atoms with van der Waals surface area (Å²) in [6.45, 7) is 13.0. The molecule has 0 N–H and O–H groups in total. The van der Waals surface area contributed by atoms with Gasteiger partial charge in [-0.05, 0) is 76.4 Å². The van der Waals surface area contributed by atoms with Crippen LogP contribution in [-0.4, -0.2) is 39.1 Å². The molecule has 160 valence electrons. The quantitative estimate of drug-likeness (QED) is 0.393. The molecule has 1 saturated heterocycles. The van der Waals surface area contributed by atoms with Crippen LogP contribution in [-0.2, 0) is 23.5 Å². The minimum atomic E-state index is -1.87. The summed E-state index contributed by atoms with van der Waals surface area (Å²) in [6, 6.07) is 0. The highest BCUT2D eigenvalue weighted by Gasteiger charge is 2.84. The fourth-order valence-corrected chi connectivity index (χ4v) is 9.45. The molecule has 5 aliphatic rings. The molecule has 1 heterocycles. The van der Waals surface area contributed by atoms with E-state index in [1.54, 1.807) is 0 Å². The third-order valence-corrected chi connectivity index (χ3v) is 10.0. The number of methoxy groups -OCH3 is 1. The second-order valence-electron chi connectivity index (χ2n) is 11.5. The number of carbonyl (C=O) groups excluding carboxylic acids is 2. The molecule has 5 fully saturated rings. The first-order valence-corrected chi connectivity index (χ1v) is 14.6. The van der Waals surface area contributed by atoms with Gasteiger partial charge in [0.1, 0.15) is 5.60 Å². The second-order valence-corrected chi connectivity index (χ2v) is 16.0. The summed E-state index contributed by atoms with van der Waals surface area (Å²) in [7, 11) is -0.391. The van der Waals surface area contributed by atoms with E-state index in [0.717, 1.165) is 32.1 Å². The highest BCUT2D eigenvalue weighted by molar-refractivity contribution is 6.69. The standard InChI is InChI=1S/C23H34O5Si/c1-13-11-22-12-14(13)7-8-15(22)23-16(28-29(4,5)6)9-10-21(2,20(25)27-23)18(23)17(22)19(24)26-3/h14-18H,1,7-12H2,2-6H3/t14-,15?,16-,17?,18?,21?,22+,23+/m1/s1. The van der Waals surface area contributed by atoms with Crippen molar-refractivity contribution in [1.29, 1.82) is 0 Å². The van der Waals surface area contributed by atoms with Crippen molar-refractivity contribution in [2.24, 2.45) is 34.5 Å². The van der Waals surface area contributed by atoms with E-state index in [2.05, 4.69) is 26.2 Å². The Balaban J connectivity index is 1.73. The Morgan fingerprint density at radius 2 is 1.97 bits per heavy atom. The molecule has 8 atom stereocenters. The van der Waals surface area contributed by atoms with Crippen molar-refractivity contribution in [3.8, 4) is 0 Å². The molecule has 4 bridgehead atoms. The van der Waals surface area contributed by atoms with Crippen molar-refractivity contribution >= 4 is 20.3 Å². The van der Waals surface area contributed by atoms with Gasteiger partial charge in [-0.25, -0.2) is 0 Å². The first kappa shape index (κ1) is 19.8. The SMILES string of the molecule is C=C1C[C@]23C[C@H]1CCC2[C@]12OC(=O)C(C)(CC[C@H]1O[Si](C)(C)C)C2C3C(=O)OC. The van der Waals surface area contributed by atoms with Gasteiger partial charge in [-0.1, -0.05) is 12.2 Å². The first-order chi connectivity index (χ1) is 13.5. The van der Waals surface area contributed by atoms with E-state index in [9.17, 15) is 9.59 Å². The lowest BCUT2D eigenvalue weighted by atomic mass is 9.59. The molecule has 5 rings (SSSR count). The lowest BCUT2D eigenvalue weighted by Crippen LogP contribution is -2.59. The van der Waals surface area contributed by atoms with Crippen LogP contribution in [0.4, 0.5) is 0 Å². The van der Waals surface area contributed by atoms with E-state index in [1.165, 1.54) is 12.7 Å². The van der Waals surface area contributed by atoms with Gasteiger partial charge < -0.3 is 13.9 Å². The fourth-order valence-electron chi connectivity index (χ4n) is 8.29. The molecule has 0 amide bonds. The molecule has 1 aliphatic heterocycles. The molecule has 4 aliphatic carbocycles. The van der Waals surface area contributed by atoms with Gasteiger partial charge in [-0.2, -0.15) is 0 Å². The van der Waals surface area contributed by atoms with Crippen molar-refractivity contribution in [2.45, 2.75) is 76.8 Å². The zero-order valence-electron chi connectivity index (χ0n) is 18.4. The van der Waals surface area contributed by atoms with E-state index < -0.39 is 19.3 Å². The average molecular weight is 419 g/mol. The maximum atomic E-state index is 13.3. The number of rotatable bonds is 3. The number of hydrogen-bond donors (Lipinski definition) is 0. The molecule has 4 saturated carbocycles. The molecule has 6 heteroatoms. The van der Waals surface area contributed by atoms with Crippen LogP contribution >= 0.6 is 0 Å². The first-order valence-electron chi connectivity index (χ1n) is 11.2. The van der Waals surface area contributed by atoms with Crippen LogP contribution in [0.15, 0.2) is 12.2 Å². The summed E-state index contributed by atoms with van der Waals surface area (Å²) >= 11 is 0. The van der Waals surface area contributed by atoms with Crippen molar-refractivity contribution in [3.05, 3.63) is 12.2 Å². The Labute approximate surface area is 174 Å². The summed E-state index contributed by atoms with van der Waals surface area (Å²) in [5.41, 5.74) is -0.264. The smallest absolute Gasteiger partial charge is 0.312 e. The molecule has 0 aromatic carbocycles. The van der Waals surface area contributed by atoms with Crippen molar-refractivity contribution in [1.82, 2.24) is 0 Å². The van der Waals surface area contributed by atoms with Gasteiger partial charge >= 0.3 is 11.9 Å². The number of hydrogen-bond acceptors (Lipinski definition) is 5. The van der Waals surface area contributed by atoms with Crippen molar-refractivity contribution in [3.63, 3.8) is 0 Å². The summed E-state index contributed by atoms with van der Waals surface area (Å²) in [6.07, 6.45) is 5.29. The Morgan fingerprint density at radius 3 is 2.62 bits per heavy atom. The van der Waals surface area contributed by atoms with Crippen LogP contribution < -0.4 is 0 Å². The predicted octanol–water partition coefficient (Wildman–Crippen LogP) is 4.08. The maximum Gasteiger partial charge on any atom is 0.312 e. The topological polar surface area (TPSA) is 61.8 Å². The zero-order chi connectivity index (χ0) is 21.0. The highest BCUT2D eigenvalue weighted by atomic mass is 28.4. The van der Waals surface area contributed by atoms with E-state index >= 15 is 0 Å². The number of esters is 2. The van der Waals surface area contributed by atoms with Gasteiger partial charge in [0.05, 0.1) is 24.5 Å². The summed E-state index contributed by atoms with van der Waals surface area (Å²) in [5, 5.41) is 0. The van der Waals surface area contributed by atoms with Gasteiger partial charge in [0.25, 0.3) is 0 Å². The second kappa shape index (κ2) is 5.76. The van der Waals surface area contributed by atoms with Gasteiger partial charge in [-0.3, -0.25) is 9.59 Å². The van der Waals surface area contributed by atoms with Crippen LogP contribution in [0.2, 0.25) is 19.6 Å². The van der Waals surface area contributed by atoms with Crippen LogP contribution in [0.5, 0.6) is 0 Å². The minimum Gasteiger partial charge on any atom is -0.469 e. The lowest BCUT2D eigenvalue weighted by Gasteiger charge is -2.49. The van der Waals surface area contributed by atoms with E-state index in [-0.39, 0.29) is 41.2 Å². The Morgan fingerprint density at radius 1 is 1.24 bits per heavy atom. The minimum absolute atomic E-state index is 0.124. The van der Waals surface area contributed by atoms with Gasteiger partial charge in [-0.15, -0.1) is 0 Å². The molecular weight excluding hydrogens is 384 g/mol. The maximum absolute atomic E-state index is 13.3. The zero-order valence-corrected chi connectivity index (χ0v) is 19.4. The average Bonchev–Trinajstić information content (AvgIpc) is 3.10. The number of allylic oxidation sites excluding steroid dienone is 1. The molecule has 5 nitrogen and oxygen atoms in total. The van der Waals surface area contributed by atoms with Gasteiger partial charge in [0.15, 0.2) is 8.32 Å². The third-order valence-electron chi connectivity index (χ3n) is 9.04.